The molecule has 1 aromatic heterocycles. The molecule has 0 bridgehead atoms. The van der Waals surface area contributed by atoms with Crippen LogP contribution in [0.1, 0.15) is 42.7 Å². The Bertz CT molecular complexity index is 1200. The number of nitrogens with zero attached hydrogens (tertiary/aromatic N) is 1. The molecule has 0 unspecified atom stereocenters. The Morgan fingerprint density at radius 1 is 1.07 bits per heavy atom. The van der Waals surface area contributed by atoms with Gasteiger partial charge in [0.25, 0.3) is 0 Å². The van der Waals surface area contributed by atoms with Gasteiger partial charge < -0.3 is 9.73 Å². The van der Waals surface area contributed by atoms with Crippen molar-refractivity contribution in [3.8, 4) is 0 Å². The standard InChI is InChI=1S/C22H24N2O4S/c1-14-6-7-15(2)20(12-14)29(26,27)22(10-4-5-11-22)21(25)24-17-8-9-19-18(13-17)23-16(3)28-19/h6-9,12-13H,4-5,10-11H2,1-3H3,(H,24,25). The number of benzene rings is 2. The molecule has 1 N–H and O–H groups in total. The normalized spacial score (nSPS) is 16.2. The molecule has 0 radical (unpaired) electrons. The number of rotatable bonds is 4. The van der Waals surface area contributed by atoms with Crippen molar-refractivity contribution >= 4 is 32.5 Å². The van der Waals surface area contributed by atoms with Crippen LogP contribution in [0, 0.1) is 20.8 Å². The SMILES string of the molecule is Cc1ccc(C)c(S(=O)(=O)C2(C(=O)Nc3ccc4oc(C)nc4c3)CCCC2)c1. The number of amides is 1. The van der Waals surface area contributed by atoms with E-state index in [-0.39, 0.29) is 4.90 Å². The highest BCUT2D eigenvalue weighted by Gasteiger charge is 2.53. The van der Waals surface area contributed by atoms with E-state index in [9.17, 15) is 13.2 Å². The quantitative estimate of drug-likeness (QED) is 0.682. The maximum atomic E-state index is 13.7. The zero-order chi connectivity index (χ0) is 20.8. The van der Waals surface area contributed by atoms with Gasteiger partial charge in [-0.25, -0.2) is 13.4 Å². The molecule has 7 heteroatoms. The second-order valence-corrected chi connectivity index (χ2v) is 10.1. The Morgan fingerprint density at radius 2 is 1.79 bits per heavy atom. The van der Waals surface area contributed by atoms with Crippen molar-refractivity contribution in [3.63, 3.8) is 0 Å². The molecular weight excluding hydrogens is 388 g/mol. The molecule has 0 spiro atoms. The number of carbonyl (C=O) groups excluding carboxylic acids is 1. The van der Waals surface area contributed by atoms with Gasteiger partial charge in [-0.1, -0.05) is 25.0 Å². The fourth-order valence-electron chi connectivity index (χ4n) is 4.14. The molecule has 2 aromatic carbocycles. The molecule has 1 aliphatic rings. The minimum absolute atomic E-state index is 0.247. The van der Waals surface area contributed by atoms with Crippen LogP contribution in [-0.2, 0) is 14.6 Å². The highest BCUT2D eigenvalue weighted by molar-refractivity contribution is 7.93. The van der Waals surface area contributed by atoms with E-state index in [2.05, 4.69) is 10.3 Å². The zero-order valence-corrected chi connectivity index (χ0v) is 17.6. The summed E-state index contributed by atoms with van der Waals surface area (Å²) < 4.78 is 31.4. The highest BCUT2D eigenvalue weighted by atomic mass is 32.2. The van der Waals surface area contributed by atoms with Gasteiger partial charge in [-0.05, 0) is 62.1 Å². The van der Waals surface area contributed by atoms with E-state index in [0.29, 0.717) is 53.9 Å². The summed E-state index contributed by atoms with van der Waals surface area (Å²) in [6, 6.07) is 10.5. The third-order valence-electron chi connectivity index (χ3n) is 5.72. The molecule has 152 valence electrons. The summed E-state index contributed by atoms with van der Waals surface area (Å²) in [6.45, 7) is 5.38. The highest BCUT2D eigenvalue weighted by Crippen LogP contribution is 2.42. The van der Waals surface area contributed by atoms with Crippen molar-refractivity contribution in [2.75, 3.05) is 5.32 Å². The number of aryl methyl sites for hydroxylation is 3. The van der Waals surface area contributed by atoms with Crippen molar-refractivity contribution in [1.82, 2.24) is 4.98 Å². The largest absolute Gasteiger partial charge is 0.441 e. The second-order valence-electron chi connectivity index (χ2n) is 7.84. The zero-order valence-electron chi connectivity index (χ0n) is 16.8. The van der Waals surface area contributed by atoms with Crippen LogP contribution in [-0.4, -0.2) is 24.1 Å². The van der Waals surface area contributed by atoms with Gasteiger partial charge in [-0.3, -0.25) is 4.79 Å². The van der Waals surface area contributed by atoms with Gasteiger partial charge in [0.1, 0.15) is 5.52 Å². The smallest absolute Gasteiger partial charge is 0.246 e. The number of hydrogen-bond acceptors (Lipinski definition) is 5. The number of fused-ring (bicyclic) bond motifs is 1. The van der Waals surface area contributed by atoms with Crippen LogP contribution in [0.5, 0.6) is 0 Å². The Balaban J connectivity index is 1.73. The van der Waals surface area contributed by atoms with Crippen LogP contribution >= 0.6 is 0 Å². The first kappa shape index (κ1) is 19.6. The fourth-order valence-corrected chi connectivity index (χ4v) is 6.51. The Hall–Kier alpha value is -2.67. The van der Waals surface area contributed by atoms with Crippen molar-refractivity contribution in [1.29, 1.82) is 0 Å². The number of sulfone groups is 1. The lowest BCUT2D eigenvalue weighted by molar-refractivity contribution is -0.118. The summed E-state index contributed by atoms with van der Waals surface area (Å²) in [5.41, 5.74) is 3.28. The fraction of sp³-hybridized carbons (Fsp3) is 0.364. The molecule has 4 rings (SSSR count). The van der Waals surface area contributed by atoms with Gasteiger partial charge in [0.2, 0.25) is 5.91 Å². The first-order valence-corrected chi connectivity index (χ1v) is 11.2. The first-order chi connectivity index (χ1) is 13.7. The third-order valence-corrected chi connectivity index (χ3v) is 8.37. The molecule has 1 fully saturated rings. The average Bonchev–Trinajstić information content (AvgIpc) is 3.30. The van der Waals surface area contributed by atoms with E-state index in [0.717, 1.165) is 5.56 Å². The molecule has 3 aromatic rings. The van der Waals surface area contributed by atoms with Crippen LogP contribution in [0.4, 0.5) is 5.69 Å². The van der Waals surface area contributed by atoms with Gasteiger partial charge in [-0.2, -0.15) is 0 Å². The lowest BCUT2D eigenvalue weighted by Crippen LogP contribution is -2.47. The molecule has 0 aliphatic heterocycles. The van der Waals surface area contributed by atoms with Crippen LogP contribution < -0.4 is 5.32 Å². The Labute approximate surface area is 170 Å². The van der Waals surface area contributed by atoms with Gasteiger partial charge >= 0.3 is 0 Å². The Kier molecular flexibility index (Phi) is 4.73. The average molecular weight is 413 g/mol. The van der Waals surface area contributed by atoms with Gasteiger partial charge in [-0.15, -0.1) is 0 Å². The first-order valence-electron chi connectivity index (χ1n) is 9.73. The van der Waals surface area contributed by atoms with Crippen molar-refractivity contribution in [2.24, 2.45) is 0 Å². The van der Waals surface area contributed by atoms with Crippen LogP contribution in [0.3, 0.4) is 0 Å². The summed E-state index contributed by atoms with van der Waals surface area (Å²) in [5.74, 6) is 0.0590. The minimum Gasteiger partial charge on any atom is -0.441 e. The van der Waals surface area contributed by atoms with Crippen LogP contribution in [0.25, 0.3) is 11.1 Å². The van der Waals surface area contributed by atoms with Crippen molar-refractivity contribution < 1.29 is 17.6 Å². The molecule has 1 heterocycles. The summed E-state index contributed by atoms with van der Waals surface area (Å²) in [4.78, 5) is 17.9. The monoisotopic (exact) mass is 412 g/mol. The number of nitrogens with one attached hydrogen (secondary N) is 1. The second kappa shape index (κ2) is 6.99. The summed E-state index contributed by atoms with van der Waals surface area (Å²) in [7, 11) is -3.86. The lowest BCUT2D eigenvalue weighted by Gasteiger charge is -2.28. The van der Waals surface area contributed by atoms with E-state index in [1.807, 2.05) is 13.0 Å². The number of hydrogen-bond donors (Lipinski definition) is 1. The number of oxazole rings is 1. The Morgan fingerprint density at radius 3 is 2.52 bits per heavy atom. The molecule has 6 nitrogen and oxygen atoms in total. The van der Waals surface area contributed by atoms with E-state index < -0.39 is 20.5 Å². The van der Waals surface area contributed by atoms with E-state index in [4.69, 9.17) is 4.42 Å². The molecule has 29 heavy (non-hydrogen) atoms. The molecule has 0 saturated heterocycles. The topological polar surface area (TPSA) is 89.3 Å². The molecular formula is C22H24N2O4S. The van der Waals surface area contributed by atoms with E-state index >= 15 is 0 Å². The van der Waals surface area contributed by atoms with E-state index in [1.54, 1.807) is 44.2 Å². The number of anilines is 1. The maximum Gasteiger partial charge on any atom is 0.246 e. The van der Waals surface area contributed by atoms with Crippen LogP contribution in [0.15, 0.2) is 45.7 Å². The summed E-state index contributed by atoms with van der Waals surface area (Å²) >= 11 is 0. The third kappa shape index (κ3) is 3.23. The summed E-state index contributed by atoms with van der Waals surface area (Å²) in [6.07, 6.45) is 2.05. The van der Waals surface area contributed by atoms with Crippen LogP contribution in [0.2, 0.25) is 0 Å². The predicted octanol–water partition coefficient (Wildman–Crippen LogP) is 4.48. The van der Waals surface area contributed by atoms with Crippen molar-refractivity contribution in [2.45, 2.75) is 56.1 Å². The lowest BCUT2D eigenvalue weighted by atomic mass is 10.1. The molecule has 0 atom stereocenters. The number of aromatic nitrogens is 1. The predicted molar refractivity (Wildman–Crippen MR) is 112 cm³/mol. The molecule has 1 saturated carbocycles. The maximum absolute atomic E-state index is 13.7. The summed E-state index contributed by atoms with van der Waals surface area (Å²) in [5, 5.41) is 2.84. The van der Waals surface area contributed by atoms with Crippen molar-refractivity contribution in [3.05, 3.63) is 53.4 Å². The van der Waals surface area contributed by atoms with E-state index in [1.165, 1.54) is 0 Å². The van der Waals surface area contributed by atoms with Gasteiger partial charge in [0.05, 0.1) is 4.90 Å². The minimum atomic E-state index is -3.86. The number of carbonyl (C=O) groups is 1. The molecule has 1 amide bonds. The van der Waals surface area contributed by atoms with Gasteiger partial charge in [0, 0.05) is 12.6 Å². The van der Waals surface area contributed by atoms with Gasteiger partial charge in [0.15, 0.2) is 26.1 Å². The molecule has 1 aliphatic carbocycles.